The largest absolute Gasteiger partial charge is 0.437 e. The number of pyridine rings is 1. The highest BCUT2D eigenvalue weighted by Crippen LogP contribution is 2.37. The molecule has 6 heteroatoms. The fraction of sp³-hybridized carbons (Fsp3) is 0.250. The van der Waals surface area contributed by atoms with Crippen LogP contribution in [0.1, 0.15) is 31.9 Å². The van der Waals surface area contributed by atoms with Crippen LogP contribution in [-0.4, -0.2) is 21.7 Å². The summed E-state index contributed by atoms with van der Waals surface area (Å²) in [6.07, 6.45) is 2.37. The van der Waals surface area contributed by atoms with E-state index in [1.807, 2.05) is 42.5 Å². The third-order valence-corrected chi connectivity index (χ3v) is 5.70. The van der Waals surface area contributed by atoms with Crippen molar-refractivity contribution in [1.29, 1.82) is 0 Å². The Morgan fingerprint density at radius 3 is 2.70 bits per heavy atom. The Balaban J connectivity index is 1.63. The quantitative estimate of drug-likeness (QED) is 0.398. The number of hydrogen-bond donors (Lipinski definition) is 2. The summed E-state index contributed by atoms with van der Waals surface area (Å²) in [7, 11) is 0. The average molecular weight is 420 g/mol. The molecule has 2 N–H and O–H groups in total. The molecule has 0 aliphatic rings. The topological polar surface area (TPSA) is 67.3 Å². The zero-order chi connectivity index (χ0) is 21.1. The Bertz CT molecular complexity index is 1160. The predicted octanol–water partition coefficient (Wildman–Crippen LogP) is 6.06. The molecule has 0 radical (unpaired) electrons. The molecule has 4 aromatic rings. The van der Waals surface area contributed by atoms with Gasteiger partial charge in [0, 0.05) is 18.4 Å². The molecule has 0 aliphatic heterocycles. The lowest BCUT2D eigenvalue weighted by Gasteiger charge is -2.22. The summed E-state index contributed by atoms with van der Waals surface area (Å²) in [6, 6.07) is 17.9. The van der Waals surface area contributed by atoms with Gasteiger partial charge in [0.05, 0.1) is 10.2 Å². The number of aliphatic hydroxyl groups is 1. The maximum Gasteiger partial charge on any atom is 0.243 e. The summed E-state index contributed by atoms with van der Waals surface area (Å²) in [5, 5.41) is 13.3. The van der Waals surface area contributed by atoms with E-state index in [0.29, 0.717) is 12.3 Å². The number of nitrogens with one attached hydrogen (secondary N) is 1. The molecule has 30 heavy (non-hydrogen) atoms. The second kappa shape index (κ2) is 8.42. The van der Waals surface area contributed by atoms with Crippen LogP contribution in [0.3, 0.4) is 0 Å². The third kappa shape index (κ3) is 4.45. The first-order chi connectivity index (χ1) is 14.4. The number of thiazole rings is 1. The minimum Gasteiger partial charge on any atom is -0.437 e. The highest BCUT2D eigenvalue weighted by atomic mass is 32.1. The van der Waals surface area contributed by atoms with Crippen LogP contribution in [0.2, 0.25) is 0 Å². The van der Waals surface area contributed by atoms with Crippen molar-refractivity contribution in [2.45, 2.75) is 32.6 Å². The normalized spacial score (nSPS) is 11.6. The van der Waals surface area contributed by atoms with Crippen molar-refractivity contribution in [3.63, 3.8) is 0 Å². The Labute approximate surface area is 180 Å². The van der Waals surface area contributed by atoms with Gasteiger partial charge in [-0.2, -0.15) is 0 Å². The van der Waals surface area contributed by atoms with Crippen LogP contribution < -0.4 is 10.1 Å². The van der Waals surface area contributed by atoms with Gasteiger partial charge in [0.25, 0.3) is 0 Å². The Hall–Kier alpha value is -2.96. The molecule has 154 valence electrons. The molecule has 2 aromatic carbocycles. The van der Waals surface area contributed by atoms with Crippen molar-refractivity contribution in [3.05, 3.63) is 71.9 Å². The predicted molar refractivity (Wildman–Crippen MR) is 123 cm³/mol. The number of anilines is 2. The minimum absolute atomic E-state index is 0.0434. The Morgan fingerprint density at radius 2 is 1.90 bits per heavy atom. The summed E-state index contributed by atoms with van der Waals surface area (Å²) >= 11 is 1.57. The van der Waals surface area contributed by atoms with Crippen LogP contribution in [0.5, 0.6) is 11.6 Å². The number of aromatic nitrogens is 2. The van der Waals surface area contributed by atoms with E-state index in [9.17, 15) is 0 Å². The van der Waals surface area contributed by atoms with Crippen LogP contribution in [0, 0.1) is 0 Å². The van der Waals surface area contributed by atoms with E-state index in [0.717, 1.165) is 37.9 Å². The smallest absolute Gasteiger partial charge is 0.243 e. The maximum absolute atomic E-state index is 9.17. The van der Waals surface area contributed by atoms with Crippen LogP contribution in [0.15, 0.2) is 60.8 Å². The number of rotatable bonds is 6. The van der Waals surface area contributed by atoms with Gasteiger partial charge in [0.1, 0.15) is 11.4 Å². The summed E-state index contributed by atoms with van der Waals surface area (Å²) in [6.45, 7) is 6.64. The first-order valence-electron chi connectivity index (χ1n) is 9.94. The summed E-state index contributed by atoms with van der Waals surface area (Å²) < 4.78 is 7.32. The molecule has 0 bridgehead atoms. The van der Waals surface area contributed by atoms with Crippen molar-refractivity contribution in [2.75, 3.05) is 11.9 Å². The number of hydrogen-bond acceptors (Lipinski definition) is 6. The van der Waals surface area contributed by atoms with Gasteiger partial charge in [0.2, 0.25) is 5.88 Å². The van der Waals surface area contributed by atoms with E-state index < -0.39 is 0 Å². The standard InChI is InChI=1S/C24H25N3O2S/c1-24(2,3)17-7-4-5-9-20(17)29-22-19(8-6-13-25-22)27-23-26-18-11-10-16(12-14-28)15-21(18)30-23/h4-11,13,15,28H,12,14H2,1-3H3,(H,26,27). The lowest BCUT2D eigenvalue weighted by atomic mass is 9.86. The van der Waals surface area contributed by atoms with Gasteiger partial charge in [-0.25, -0.2) is 9.97 Å². The van der Waals surface area contributed by atoms with Crippen molar-refractivity contribution in [1.82, 2.24) is 9.97 Å². The van der Waals surface area contributed by atoms with Crippen molar-refractivity contribution in [3.8, 4) is 11.6 Å². The van der Waals surface area contributed by atoms with E-state index in [-0.39, 0.29) is 12.0 Å². The molecule has 5 nitrogen and oxygen atoms in total. The minimum atomic E-state index is -0.0434. The molecule has 0 amide bonds. The van der Waals surface area contributed by atoms with E-state index in [1.165, 1.54) is 0 Å². The lowest BCUT2D eigenvalue weighted by Crippen LogP contribution is -2.12. The zero-order valence-electron chi connectivity index (χ0n) is 17.3. The fourth-order valence-electron chi connectivity index (χ4n) is 3.27. The van der Waals surface area contributed by atoms with Crippen LogP contribution in [-0.2, 0) is 11.8 Å². The van der Waals surface area contributed by atoms with Crippen molar-refractivity contribution >= 4 is 32.4 Å². The fourth-order valence-corrected chi connectivity index (χ4v) is 4.21. The zero-order valence-corrected chi connectivity index (χ0v) is 18.2. The van der Waals surface area contributed by atoms with Gasteiger partial charge >= 0.3 is 0 Å². The van der Waals surface area contributed by atoms with Crippen LogP contribution in [0.25, 0.3) is 10.2 Å². The third-order valence-electron chi connectivity index (χ3n) is 4.77. The molecule has 0 atom stereocenters. The van der Waals surface area contributed by atoms with Gasteiger partial charge in [-0.3, -0.25) is 0 Å². The molecule has 2 aromatic heterocycles. The number of fused-ring (bicyclic) bond motifs is 1. The van der Waals surface area contributed by atoms with Crippen molar-refractivity contribution < 1.29 is 9.84 Å². The van der Waals surface area contributed by atoms with Gasteiger partial charge in [-0.05, 0) is 47.7 Å². The second-order valence-electron chi connectivity index (χ2n) is 8.12. The second-order valence-corrected chi connectivity index (χ2v) is 9.15. The SMILES string of the molecule is CC(C)(C)c1ccccc1Oc1ncccc1Nc1nc2ccc(CCO)cc2s1. The molecule has 0 saturated carbocycles. The van der Waals surface area contributed by atoms with Gasteiger partial charge in [-0.1, -0.05) is 56.4 Å². The molecular weight excluding hydrogens is 394 g/mol. The average Bonchev–Trinajstić information content (AvgIpc) is 3.11. The number of para-hydroxylation sites is 1. The highest BCUT2D eigenvalue weighted by Gasteiger charge is 2.20. The number of ether oxygens (including phenoxy) is 1. The molecule has 0 saturated heterocycles. The van der Waals surface area contributed by atoms with Crippen molar-refractivity contribution in [2.24, 2.45) is 0 Å². The van der Waals surface area contributed by atoms with Gasteiger partial charge in [0.15, 0.2) is 5.13 Å². The summed E-state index contributed by atoms with van der Waals surface area (Å²) in [5.74, 6) is 1.30. The highest BCUT2D eigenvalue weighted by molar-refractivity contribution is 7.22. The lowest BCUT2D eigenvalue weighted by molar-refractivity contribution is 0.299. The molecule has 0 fully saturated rings. The van der Waals surface area contributed by atoms with Crippen LogP contribution in [0.4, 0.5) is 10.8 Å². The molecule has 0 aliphatic carbocycles. The molecular formula is C24H25N3O2S. The van der Waals surface area contributed by atoms with E-state index in [1.54, 1.807) is 17.5 Å². The molecule has 2 heterocycles. The molecule has 4 rings (SSSR count). The summed E-state index contributed by atoms with van der Waals surface area (Å²) in [4.78, 5) is 9.13. The first-order valence-corrected chi connectivity index (χ1v) is 10.8. The van der Waals surface area contributed by atoms with E-state index >= 15 is 0 Å². The van der Waals surface area contributed by atoms with E-state index in [2.05, 4.69) is 48.2 Å². The Kier molecular flexibility index (Phi) is 5.70. The van der Waals surface area contributed by atoms with E-state index in [4.69, 9.17) is 9.84 Å². The first kappa shape index (κ1) is 20.3. The van der Waals surface area contributed by atoms with Crippen LogP contribution >= 0.6 is 11.3 Å². The number of aliphatic hydroxyl groups excluding tert-OH is 1. The number of benzene rings is 2. The monoisotopic (exact) mass is 419 g/mol. The Morgan fingerprint density at radius 1 is 1.07 bits per heavy atom. The summed E-state index contributed by atoms with van der Waals surface area (Å²) in [5.41, 5.74) is 3.87. The van der Waals surface area contributed by atoms with Gasteiger partial charge in [-0.15, -0.1) is 0 Å². The maximum atomic E-state index is 9.17. The molecule has 0 unspecified atom stereocenters. The number of nitrogens with zero attached hydrogens (tertiary/aromatic N) is 2. The van der Waals surface area contributed by atoms with Gasteiger partial charge < -0.3 is 15.2 Å². The molecule has 0 spiro atoms.